The van der Waals surface area contributed by atoms with Gasteiger partial charge in [-0.2, -0.15) is 0 Å². The summed E-state index contributed by atoms with van der Waals surface area (Å²) >= 11 is 11.6. The quantitative estimate of drug-likeness (QED) is 0.848. The van der Waals surface area contributed by atoms with Gasteiger partial charge in [0.05, 0.1) is 0 Å². The van der Waals surface area contributed by atoms with E-state index in [1.54, 1.807) is 12.1 Å². The van der Waals surface area contributed by atoms with Gasteiger partial charge in [0.25, 0.3) is 0 Å². The van der Waals surface area contributed by atoms with Gasteiger partial charge in [0.15, 0.2) is 0 Å². The molecule has 2 aromatic rings. The molecule has 0 aliphatic carbocycles. The van der Waals surface area contributed by atoms with Gasteiger partial charge in [-0.25, -0.2) is 8.78 Å². The summed E-state index contributed by atoms with van der Waals surface area (Å²) in [5, 5.41) is 3.60. The highest BCUT2D eigenvalue weighted by molar-refractivity contribution is 6.31. The van der Waals surface area contributed by atoms with Crippen molar-refractivity contribution in [1.29, 1.82) is 0 Å². The van der Waals surface area contributed by atoms with Crippen molar-refractivity contribution in [3.05, 3.63) is 63.6 Å². The van der Waals surface area contributed by atoms with E-state index in [-0.39, 0.29) is 0 Å². The Morgan fingerprint density at radius 1 is 0.944 bits per heavy atom. The van der Waals surface area contributed by atoms with Gasteiger partial charge in [-0.15, -0.1) is 0 Å². The minimum atomic E-state index is -0.421. The summed E-state index contributed by atoms with van der Waals surface area (Å²) in [6.45, 7) is 0.360. The zero-order valence-corrected chi connectivity index (χ0v) is 10.7. The Balaban J connectivity index is 2.11. The third-order valence-corrected chi connectivity index (χ3v) is 2.93. The fourth-order valence-electron chi connectivity index (χ4n) is 1.52. The van der Waals surface area contributed by atoms with E-state index in [1.165, 1.54) is 24.3 Å². The van der Waals surface area contributed by atoms with E-state index in [0.717, 1.165) is 5.56 Å². The van der Waals surface area contributed by atoms with Gasteiger partial charge < -0.3 is 5.32 Å². The van der Waals surface area contributed by atoms with E-state index in [4.69, 9.17) is 23.2 Å². The number of halogens is 4. The van der Waals surface area contributed by atoms with Crippen LogP contribution in [0, 0.1) is 11.6 Å². The van der Waals surface area contributed by atoms with E-state index in [9.17, 15) is 8.78 Å². The van der Waals surface area contributed by atoms with Crippen LogP contribution in [0.5, 0.6) is 0 Å². The van der Waals surface area contributed by atoms with Gasteiger partial charge in [-0.3, -0.25) is 0 Å². The molecule has 0 aliphatic heterocycles. The zero-order valence-electron chi connectivity index (χ0n) is 9.18. The molecule has 0 aromatic heterocycles. The largest absolute Gasteiger partial charge is 0.381 e. The van der Waals surface area contributed by atoms with Crippen LogP contribution in [0.25, 0.3) is 0 Å². The summed E-state index contributed by atoms with van der Waals surface area (Å²) in [7, 11) is 0. The first-order chi connectivity index (χ1) is 8.54. The molecule has 0 bridgehead atoms. The zero-order chi connectivity index (χ0) is 13.1. The molecule has 0 amide bonds. The van der Waals surface area contributed by atoms with Crippen LogP contribution in [0.3, 0.4) is 0 Å². The van der Waals surface area contributed by atoms with Crippen LogP contribution in [0.1, 0.15) is 5.56 Å². The molecule has 0 unspecified atom stereocenters. The predicted octanol–water partition coefficient (Wildman–Crippen LogP) is 4.88. The fraction of sp³-hybridized carbons (Fsp3) is 0.0769. The average molecular weight is 288 g/mol. The maximum absolute atomic E-state index is 13.1. The van der Waals surface area contributed by atoms with Gasteiger partial charge in [0.1, 0.15) is 11.6 Å². The first-order valence-corrected chi connectivity index (χ1v) is 5.94. The number of nitrogens with one attached hydrogen (secondary N) is 1. The molecule has 0 saturated heterocycles. The Morgan fingerprint density at radius 2 is 1.72 bits per heavy atom. The van der Waals surface area contributed by atoms with Crippen LogP contribution in [0.4, 0.5) is 14.5 Å². The van der Waals surface area contributed by atoms with Gasteiger partial charge in [0, 0.05) is 22.3 Å². The first-order valence-electron chi connectivity index (χ1n) is 5.18. The van der Waals surface area contributed by atoms with E-state index < -0.39 is 11.6 Å². The molecule has 0 fully saturated rings. The van der Waals surface area contributed by atoms with E-state index >= 15 is 0 Å². The Hall–Kier alpha value is -1.32. The van der Waals surface area contributed by atoms with Gasteiger partial charge in [-0.05, 0) is 35.9 Å². The second-order valence-corrected chi connectivity index (χ2v) is 4.59. The summed E-state index contributed by atoms with van der Waals surface area (Å²) in [6, 6.07) is 8.27. The normalized spacial score (nSPS) is 10.4. The van der Waals surface area contributed by atoms with Crippen LogP contribution in [0.15, 0.2) is 36.4 Å². The average Bonchev–Trinajstić information content (AvgIpc) is 2.26. The van der Waals surface area contributed by atoms with Gasteiger partial charge in [0.2, 0.25) is 0 Å². The SMILES string of the molecule is Fc1cc(Cl)cc(NCc2ccc(F)cc2Cl)c1. The highest BCUT2D eigenvalue weighted by atomic mass is 35.5. The van der Waals surface area contributed by atoms with Crippen molar-refractivity contribution in [2.75, 3.05) is 5.32 Å². The minimum absolute atomic E-state index is 0.308. The monoisotopic (exact) mass is 287 g/mol. The van der Waals surface area contributed by atoms with Gasteiger partial charge in [-0.1, -0.05) is 29.3 Å². The molecule has 0 radical (unpaired) electrons. The fourth-order valence-corrected chi connectivity index (χ4v) is 1.97. The molecular formula is C13H9Cl2F2N. The first kappa shape index (κ1) is 13.1. The van der Waals surface area contributed by atoms with Crippen LogP contribution < -0.4 is 5.32 Å². The standard InChI is InChI=1S/C13H9Cl2F2N/c14-9-3-11(17)5-12(4-9)18-7-8-1-2-10(16)6-13(8)15/h1-6,18H,7H2. The lowest BCUT2D eigenvalue weighted by molar-refractivity contribution is 0.627. The Labute approximate surface area is 113 Å². The van der Waals surface area contributed by atoms with Crippen LogP contribution >= 0.6 is 23.2 Å². The van der Waals surface area contributed by atoms with Crippen molar-refractivity contribution in [3.63, 3.8) is 0 Å². The van der Waals surface area contributed by atoms with Crippen molar-refractivity contribution < 1.29 is 8.78 Å². The maximum Gasteiger partial charge on any atom is 0.126 e. The molecule has 0 saturated carbocycles. The highest BCUT2D eigenvalue weighted by Crippen LogP contribution is 2.21. The molecule has 5 heteroatoms. The number of benzene rings is 2. The van der Waals surface area contributed by atoms with Crippen LogP contribution in [0.2, 0.25) is 10.0 Å². The topological polar surface area (TPSA) is 12.0 Å². The Bertz CT molecular complexity index is 553. The number of anilines is 1. The van der Waals surface area contributed by atoms with Crippen molar-refractivity contribution in [2.45, 2.75) is 6.54 Å². The summed E-state index contributed by atoms with van der Waals surface area (Å²) in [5.74, 6) is -0.812. The summed E-state index contributed by atoms with van der Waals surface area (Å²) < 4.78 is 25.9. The molecule has 18 heavy (non-hydrogen) atoms. The molecular weight excluding hydrogens is 279 g/mol. The molecule has 2 aromatic carbocycles. The number of rotatable bonds is 3. The second-order valence-electron chi connectivity index (χ2n) is 3.75. The lowest BCUT2D eigenvalue weighted by Gasteiger charge is -2.08. The summed E-state index contributed by atoms with van der Waals surface area (Å²) in [5.41, 5.74) is 1.26. The highest BCUT2D eigenvalue weighted by Gasteiger charge is 2.03. The number of hydrogen-bond acceptors (Lipinski definition) is 1. The van der Waals surface area contributed by atoms with Crippen molar-refractivity contribution in [1.82, 2.24) is 0 Å². The smallest absolute Gasteiger partial charge is 0.126 e. The summed E-state index contributed by atoms with van der Waals surface area (Å²) in [6.07, 6.45) is 0. The Kier molecular flexibility index (Phi) is 4.04. The third-order valence-electron chi connectivity index (χ3n) is 2.36. The van der Waals surface area contributed by atoms with Crippen molar-refractivity contribution >= 4 is 28.9 Å². The Morgan fingerprint density at radius 3 is 2.39 bits per heavy atom. The predicted molar refractivity (Wildman–Crippen MR) is 70.1 cm³/mol. The molecule has 94 valence electrons. The van der Waals surface area contributed by atoms with E-state index in [1.807, 2.05) is 0 Å². The molecule has 0 spiro atoms. The minimum Gasteiger partial charge on any atom is -0.381 e. The summed E-state index contributed by atoms with van der Waals surface area (Å²) in [4.78, 5) is 0. The van der Waals surface area contributed by atoms with Crippen LogP contribution in [-0.4, -0.2) is 0 Å². The van der Waals surface area contributed by atoms with Gasteiger partial charge >= 0.3 is 0 Å². The third kappa shape index (κ3) is 3.34. The molecule has 0 aliphatic rings. The molecule has 0 heterocycles. The van der Waals surface area contributed by atoms with Crippen LogP contribution in [-0.2, 0) is 6.54 Å². The molecule has 0 atom stereocenters. The lowest BCUT2D eigenvalue weighted by Crippen LogP contribution is -2.00. The molecule has 2 rings (SSSR count). The molecule has 1 N–H and O–H groups in total. The van der Waals surface area contributed by atoms with Crippen molar-refractivity contribution in [3.8, 4) is 0 Å². The second kappa shape index (κ2) is 5.55. The molecule has 1 nitrogen and oxygen atoms in total. The van der Waals surface area contributed by atoms with E-state index in [0.29, 0.717) is 22.3 Å². The maximum atomic E-state index is 13.1. The van der Waals surface area contributed by atoms with E-state index in [2.05, 4.69) is 5.32 Å². The lowest BCUT2D eigenvalue weighted by atomic mass is 10.2. The number of hydrogen-bond donors (Lipinski definition) is 1. The van der Waals surface area contributed by atoms with Crippen molar-refractivity contribution in [2.24, 2.45) is 0 Å².